The fourth-order valence-corrected chi connectivity index (χ4v) is 1.87. The van der Waals surface area contributed by atoms with Crippen LogP contribution >= 0.6 is 0 Å². The van der Waals surface area contributed by atoms with E-state index in [4.69, 9.17) is 0 Å². The molecule has 0 aliphatic rings. The van der Waals surface area contributed by atoms with E-state index in [9.17, 15) is 0 Å². The van der Waals surface area contributed by atoms with E-state index in [1.165, 1.54) is 22.4 Å². The van der Waals surface area contributed by atoms with Gasteiger partial charge in [-0.1, -0.05) is 19.1 Å². The molecule has 88 valence electrons. The Morgan fingerprint density at radius 3 is 2.82 bits per heavy atom. The molecule has 0 aliphatic carbocycles. The molecule has 0 aliphatic heterocycles. The first-order chi connectivity index (χ1) is 8.29. The summed E-state index contributed by atoms with van der Waals surface area (Å²) in [4.78, 5) is 4.10. The molecule has 2 aromatic rings. The number of nitrogens with one attached hydrogen (secondary N) is 1. The molecule has 2 heteroatoms. The van der Waals surface area contributed by atoms with Crippen molar-refractivity contribution in [3.05, 3.63) is 59.4 Å². The van der Waals surface area contributed by atoms with Crippen LogP contribution in [0.25, 0.3) is 0 Å². The average Bonchev–Trinajstić information content (AvgIpc) is 2.39. The summed E-state index contributed by atoms with van der Waals surface area (Å²) in [7, 11) is 0. The lowest BCUT2D eigenvalue weighted by atomic mass is 10.1. The quantitative estimate of drug-likeness (QED) is 0.862. The predicted molar refractivity (Wildman–Crippen MR) is 72.1 cm³/mol. The molecule has 0 atom stereocenters. The fourth-order valence-electron chi connectivity index (χ4n) is 1.87. The van der Waals surface area contributed by atoms with Crippen LogP contribution in [0.15, 0.2) is 42.7 Å². The minimum atomic E-state index is 0.819. The van der Waals surface area contributed by atoms with Crippen LogP contribution in [0, 0.1) is 6.92 Å². The van der Waals surface area contributed by atoms with E-state index in [0.717, 1.165) is 13.0 Å². The molecule has 0 radical (unpaired) electrons. The van der Waals surface area contributed by atoms with Gasteiger partial charge in [-0.05, 0) is 48.2 Å². The molecule has 1 aromatic carbocycles. The maximum absolute atomic E-state index is 4.10. The number of aryl methyl sites for hydroxylation is 2. The molecule has 1 heterocycles. The van der Waals surface area contributed by atoms with Crippen LogP contribution < -0.4 is 5.32 Å². The Morgan fingerprint density at radius 1 is 1.24 bits per heavy atom. The third kappa shape index (κ3) is 3.06. The first-order valence-electron chi connectivity index (χ1n) is 6.02. The van der Waals surface area contributed by atoms with Crippen LogP contribution in [-0.2, 0) is 13.0 Å². The fraction of sp³-hybridized carbons (Fsp3) is 0.267. The Bertz CT molecular complexity index is 478. The molecule has 2 rings (SSSR count). The number of anilines is 1. The monoisotopic (exact) mass is 226 g/mol. The molecule has 1 N–H and O–H groups in total. The van der Waals surface area contributed by atoms with Crippen molar-refractivity contribution in [2.75, 3.05) is 5.32 Å². The molecule has 0 spiro atoms. The highest BCUT2D eigenvalue weighted by Gasteiger charge is 1.98. The smallest absolute Gasteiger partial charge is 0.0416 e. The zero-order valence-electron chi connectivity index (χ0n) is 10.4. The molecule has 2 nitrogen and oxygen atoms in total. The minimum Gasteiger partial charge on any atom is -0.381 e. The summed E-state index contributed by atoms with van der Waals surface area (Å²) < 4.78 is 0. The maximum Gasteiger partial charge on any atom is 0.0416 e. The summed E-state index contributed by atoms with van der Waals surface area (Å²) in [6.45, 7) is 5.16. The van der Waals surface area contributed by atoms with Crippen molar-refractivity contribution in [1.29, 1.82) is 0 Å². The topological polar surface area (TPSA) is 24.9 Å². The molecule has 0 saturated heterocycles. The van der Waals surface area contributed by atoms with Gasteiger partial charge in [0.05, 0.1) is 0 Å². The summed E-state index contributed by atoms with van der Waals surface area (Å²) in [5.74, 6) is 0. The Kier molecular flexibility index (Phi) is 3.76. The molecule has 0 amide bonds. The maximum atomic E-state index is 4.10. The van der Waals surface area contributed by atoms with E-state index in [2.05, 4.69) is 48.4 Å². The Morgan fingerprint density at radius 2 is 2.12 bits per heavy atom. The number of hydrogen-bond acceptors (Lipinski definition) is 2. The third-order valence-electron chi connectivity index (χ3n) is 2.95. The van der Waals surface area contributed by atoms with Gasteiger partial charge in [0.15, 0.2) is 0 Å². The highest BCUT2D eigenvalue weighted by atomic mass is 14.9. The molecule has 0 unspecified atom stereocenters. The van der Waals surface area contributed by atoms with E-state index >= 15 is 0 Å². The average molecular weight is 226 g/mol. The highest BCUT2D eigenvalue weighted by molar-refractivity contribution is 5.48. The van der Waals surface area contributed by atoms with Crippen LogP contribution in [-0.4, -0.2) is 4.98 Å². The first-order valence-corrected chi connectivity index (χ1v) is 6.02. The zero-order chi connectivity index (χ0) is 12.1. The zero-order valence-corrected chi connectivity index (χ0v) is 10.4. The van der Waals surface area contributed by atoms with Crippen LogP contribution in [0.4, 0.5) is 5.69 Å². The number of benzene rings is 1. The summed E-state index contributed by atoms with van der Waals surface area (Å²) in [6, 6.07) is 10.6. The van der Waals surface area contributed by atoms with Gasteiger partial charge in [-0.3, -0.25) is 4.98 Å². The lowest BCUT2D eigenvalue weighted by Gasteiger charge is -2.09. The Balaban J connectivity index is 2.04. The summed E-state index contributed by atoms with van der Waals surface area (Å²) >= 11 is 0. The van der Waals surface area contributed by atoms with Crippen LogP contribution in [0.5, 0.6) is 0 Å². The van der Waals surface area contributed by atoms with Crippen LogP contribution in [0.3, 0.4) is 0 Å². The molecular weight excluding hydrogens is 208 g/mol. The number of nitrogens with zero attached hydrogens (tertiary/aromatic N) is 1. The minimum absolute atomic E-state index is 0.819. The van der Waals surface area contributed by atoms with Gasteiger partial charge in [0.25, 0.3) is 0 Å². The van der Waals surface area contributed by atoms with Crippen LogP contribution in [0.1, 0.15) is 23.6 Å². The molecule has 17 heavy (non-hydrogen) atoms. The lowest BCUT2D eigenvalue weighted by molar-refractivity contribution is 1.08. The van der Waals surface area contributed by atoms with Gasteiger partial charge in [0.2, 0.25) is 0 Å². The Labute approximate surface area is 103 Å². The molecule has 0 bridgehead atoms. The number of pyridine rings is 1. The largest absolute Gasteiger partial charge is 0.381 e. The van der Waals surface area contributed by atoms with Gasteiger partial charge in [0, 0.05) is 24.6 Å². The van der Waals surface area contributed by atoms with Gasteiger partial charge in [-0.15, -0.1) is 0 Å². The lowest BCUT2D eigenvalue weighted by Crippen LogP contribution is -2.00. The standard InChI is InChI=1S/C15H18N2/c1-3-14-9-15(7-6-12(14)2)17-11-13-5-4-8-16-10-13/h4-10,17H,3,11H2,1-2H3. The SMILES string of the molecule is CCc1cc(NCc2cccnc2)ccc1C. The van der Waals surface area contributed by atoms with Crippen molar-refractivity contribution in [2.24, 2.45) is 0 Å². The van der Waals surface area contributed by atoms with Crippen LogP contribution in [0.2, 0.25) is 0 Å². The summed E-state index contributed by atoms with van der Waals surface area (Å²) in [5.41, 5.74) is 5.14. The predicted octanol–water partition coefficient (Wildman–Crippen LogP) is 3.56. The van der Waals surface area contributed by atoms with Gasteiger partial charge < -0.3 is 5.32 Å². The molecular formula is C15H18N2. The van der Waals surface area contributed by atoms with Gasteiger partial charge in [0.1, 0.15) is 0 Å². The second-order valence-corrected chi connectivity index (χ2v) is 4.21. The third-order valence-corrected chi connectivity index (χ3v) is 2.95. The van der Waals surface area contributed by atoms with E-state index < -0.39 is 0 Å². The van der Waals surface area contributed by atoms with Crippen molar-refractivity contribution in [3.8, 4) is 0 Å². The van der Waals surface area contributed by atoms with Gasteiger partial charge in [-0.25, -0.2) is 0 Å². The Hall–Kier alpha value is -1.83. The van der Waals surface area contributed by atoms with Crippen molar-refractivity contribution in [3.63, 3.8) is 0 Å². The summed E-state index contributed by atoms with van der Waals surface area (Å²) in [5, 5.41) is 3.42. The second-order valence-electron chi connectivity index (χ2n) is 4.21. The van der Waals surface area contributed by atoms with E-state index in [0.29, 0.717) is 0 Å². The molecule has 0 saturated carbocycles. The van der Waals surface area contributed by atoms with E-state index in [-0.39, 0.29) is 0 Å². The van der Waals surface area contributed by atoms with E-state index in [1.807, 2.05) is 12.3 Å². The molecule has 1 aromatic heterocycles. The second kappa shape index (κ2) is 5.48. The van der Waals surface area contributed by atoms with Gasteiger partial charge >= 0.3 is 0 Å². The first kappa shape index (κ1) is 11.6. The number of rotatable bonds is 4. The van der Waals surface area contributed by atoms with E-state index in [1.54, 1.807) is 6.20 Å². The van der Waals surface area contributed by atoms with Crippen molar-refractivity contribution in [2.45, 2.75) is 26.8 Å². The van der Waals surface area contributed by atoms with Gasteiger partial charge in [-0.2, -0.15) is 0 Å². The van der Waals surface area contributed by atoms with Crippen molar-refractivity contribution in [1.82, 2.24) is 4.98 Å². The number of aromatic nitrogens is 1. The molecule has 0 fully saturated rings. The number of hydrogen-bond donors (Lipinski definition) is 1. The normalized spacial score (nSPS) is 10.2. The van der Waals surface area contributed by atoms with Crippen molar-refractivity contribution >= 4 is 5.69 Å². The summed E-state index contributed by atoms with van der Waals surface area (Å²) in [6.07, 6.45) is 4.76. The highest BCUT2D eigenvalue weighted by Crippen LogP contribution is 2.16. The van der Waals surface area contributed by atoms with Crippen molar-refractivity contribution < 1.29 is 0 Å².